The summed E-state index contributed by atoms with van der Waals surface area (Å²) < 4.78 is 25.1. The van der Waals surface area contributed by atoms with Crippen molar-refractivity contribution in [1.82, 2.24) is 0 Å². The van der Waals surface area contributed by atoms with Gasteiger partial charge in [0.05, 0.1) is 16.5 Å². The molecule has 2 aromatic carbocycles. The number of hydrogen-bond donors (Lipinski definition) is 1. The van der Waals surface area contributed by atoms with Crippen molar-refractivity contribution in [3.05, 3.63) is 58.1 Å². The first-order valence-electron chi connectivity index (χ1n) is 9.06. The Labute approximate surface area is 169 Å². The van der Waals surface area contributed by atoms with Gasteiger partial charge in [-0.2, -0.15) is 0 Å². The summed E-state index contributed by atoms with van der Waals surface area (Å²) in [5, 5.41) is 3.03. The first-order chi connectivity index (χ1) is 13.3. The number of benzene rings is 2. The van der Waals surface area contributed by atoms with Crippen LogP contribution in [-0.2, 0) is 27.7 Å². The Morgan fingerprint density at radius 2 is 1.79 bits per heavy atom. The fourth-order valence-corrected chi connectivity index (χ4v) is 4.97. The van der Waals surface area contributed by atoms with E-state index in [0.717, 1.165) is 29.7 Å². The van der Waals surface area contributed by atoms with Gasteiger partial charge in [0.25, 0.3) is 5.91 Å². The average Bonchev–Trinajstić information content (AvgIpc) is 2.95. The molecular formula is C20H21ClN2O4S. The second-order valence-corrected chi connectivity index (χ2v) is 8.85. The van der Waals surface area contributed by atoms with Crippen LogP contribution in [0.3, 0.4) is 0 Å². The Kier molecular flexibility index (Phi) is 5.76. The summed E-state index contributed by atoms with van der Waals surface area (Å²) in [6.45, 7) is 4.02. The Balaban J connectivity index is 1.98. The molecule has 3 rings (SSSR count). The van der Waals surface area contributed by atoms with Gasteiger partial charge in [-0.15, -0.1) is 0 Å². The van der Waals surface area contributed by atoms with Crippen molar-refractivity contribution in [2.45, 2.75) is 33.1 Å². The van der Waals surface area contributed by atoms with Crippen LogP contribution >= 0.6 is 11.6 Å². The van der Waals surface area contributed by atoms with E-state index in [1.165, 1.54) is 18.2 Å². The lowest BCUT2D eigenvalue weighted by molar-refractivity contribution is -0.116. The molecule has 0 atom stereocenters. The van der Waals surface area contributed by atoms with E-state index in [4.69, 9.17) is 11.6 Å². The maximum atomic E-state index is 12.9. The van der Waals surface area contributed by atoms with Crippen LogP contribution in [0.5, 0.6) is 0 Å². The molecule has 1 heterocycles. The lowest BCUT2D eigenvalue weighted by atomic mass is 10.0. The van der Waals surface area contributed by atoms with Crippen LogP contribution in [-0.4, -0.2) is 26.0 Å². The van der Waals surface area contributed by atoms with E-state index < -0.39 is 21.8 Å². The van der Waals surface area contributed by atoms with E-state index >= 15 is 0 Å². The van der Waals surface area contributed by atoms with Gasteiger partial charge in [-0.1, -0.05) is 43.6 Å². The van der Waals surface area contributed by atoms with Crippen molar-refractivity contribution in [3.8, 4) is 0 Å². The van der Waals surface area contributed by atoms with Crippen molar-refractivity contribution >= 4 is 44.8 Å². The van der Waals surface area contributed by atoms with E-state index in [0.29, 0.717) is 4.31 Å². The molecular weight excluding hydrogens is 400 g/mol. The minimum absolute atomic E-state index is 0.0105. The highest BCUT2D eigenvalue weighted by Gasteiger charge is 2.37. The minimum atomic E-state index is -3.77. The number of amides is 2. The van der Waals surface area contributed by atoms with Crippen molar-refractivity contribution in [1.29, 1.82) is 0 Å². The van der Waals surface area contributed by atoms with Crippen molar-refractivity contribution in [2.24, 2.45) is 0 Å². The molecule has 1 aliphatic heterocycles. The maximum absolute atomic E-state index is 12.9. The summed E-state index contributed by atoms with van der Waals surface area (Å²) in [7, 11) is -3.77. The summed E-state index contributed by atoms with van der Waals surface area (Å²) in [5.41, 5.74) is 3.02. The van der Waals surface area contributed by atoms with Crippen molar-refractivity contribution in [3.63, 3.8) is 0 Å². The molecule has 0 unspecified atom stereocenters. The number of anilines is 2. The monoisotopic (exact) mass is 420 g/mol. The highest BCUT2D eigenvalue weighted by Crippen LogP contribution is 2.33. The van der Waals surface area contributed by atoms with Gasteiger partial charge in [-0.3, -0.25) is 9.59 Å². The highest BCUT2D eigenvalue weighted by molar-refractivity contribution is 7.94. The first-order valence-corrected chi connectivity index (χ1v) is 11.0. The van der Waals surface area contributed by atoms with Gasteiger partial charge in [0.1, 0.15) is 0 Å². The SMILES string of the molecule is CCc1cccc(CC)c1NC(=O)c1ccc(Cl)c(N2C(=O)CCS2(=O)=O)c1. The van der Waals surface area contributed by atoms with E-state index in [1.54, 1.807) is 0 Å². The molecule has 0 spiro atoms. The lowest BCUT2D eigenvalue weighted by Gasteiger charge is -2.18. The number of carbonyl (C=O) groups excluding carboxylic acids is 2. The van der Waals surface area contributed by atoms with Crippen LogP contribution in [0, 0.1) is 0 Å². The summed E-state index contributed by atoms with van der Waals surface area (Å²) in [4.78, 5) is 24.9. The van der Waals surface area contributed by atoms with Gasteiger partial charge in [-0.25, -0.2) is 12.7 Å². The molecule has 1 saturated heterocycles. The fourth-order valence-electron chi connectivity index (χ4n) is 3.25. The standard InChI is InChI=1S/C20H21ClN2O4S/c1-3-13-6-5-7-14(4-2)19(13)22-20(25)15-8-9-16(21)17(12-15)23-18(24)10-11-28(23,26)27/h5-9,12H,3-4,10-11H2,1-2H3,(H,22,25). The van der Waals surface area contributed by atoms with Crippen LogP contribution in [0.4, 0.5) is 11.4 Å². The van der Waals surface area contributed by atoms with E-state index in [1.807, 2.05) is 32.0 Å². The molecule has 6 nitrogen and oxygen atoms in total. The highest BCUT2D eigenvalue weighted by atomic mass is 35.5. The third-order valence-corrected chi connectivity index (χ3v) is 6.74. The number of halogens is 1. The van der Waals surface area contributed by atoms with Crippen LogP contribution in [0.1, 0.15) is 41.8 Å². The predicted molar refractivity (Wildman–Crippen MR) is 110 cm³/mol. The van der Waals surface area contributed by atoms with Crippen molar-refractivity contribution < 1.29 is 18.0 Å². The van der Waals surface area contributed by atoms with Crippen molar-refractivity contribution in [2.75, 3.05) is 15.4 Å². The van der Waals surface area contributed by atoms with E-state index in [2.05, 4.69) is 5.32 Å². The van der Waals surface area contributed by atoms with Gasteiger partial charge < -0.3 is 5.32 Å². The smallest absolute Gasteiger partial charge is 0.255 e. The molecule has 1 N–H and O–H groups in total. The Morgan fingerprint density at radius 1 is 1.14 bits per heavy atom. The quantitative estimate of drug-likeness (QED) is 0.797. The molecule has 28 heavy (non-hydrogen) atoms. The predicted octanol–water partition coefficient (Wildman–Crippen LogP) is 3.78. The molecule has 8 heteroatoms. The molecule has 0 saturated carbocycles. The van der Waals surface area contributed by atoms with Gasteiger partial charge in [-0.05, 0) is 42.2 Å². The topological polar surface area (TPSA) is 83.6 Å². The molecule has 0 aromatic heterocycles. The van der Waals surface area contributed by atoms with Gasteiger partial charge >= 0.3 is 0 Å². The van der Waals surface area contributed by atoms with Gasteiger partial charge in [0.2, 0.25) is 15.9 Å². The number of hydrogen-bond acceptors (Lipinski definition) is 4. The normalized spacial score (nSPS) is 15.7. The average molecular weight is 421 g/mol. The molecule has 0 radical (unpaired) electrons. The van der Waals surface area contributed by atoms with Crippen LogP contribution in [0.2, 0.25) is 5.02 Å². The maximum Gasteiger partial charge on any atom is 0.255 e. The van der Waals surface area contributed by atoms with E-state index in [-0.39, 0.29) is 28.4 Å². The molecule has 148 valence electrons. The zero-order chi connectivity index (χ0) is 20.5. The molecule has 2 aromatic rings. The summed E-state index contributed by atoms with van der Waals surface area (Å²) in [6, 6.07) is 10.2. The third kappa shape index (κ3) is 3.77. The lowest BCUT2D eigenvalue weighted by Crippen LogP contribution is -2.30. The van der Waals surface area contributed by atoms with Crippen LogP contribution < -0.4 is 9.62 Å². The molecule has 0 aliphatic carbocycles. The summed E-state index contributed by atoms with van der Waals surface area (Å²) in [5.74, 6) is -1.20. The molecule has 1 aliphatic rings. The minimum Gasteiger partial charge on any atom is -0.321 e. The number of sulfonamides is 1. The number of rotatable bonds is 5. The molecule has 2 amide bonds. The Morgan fingerprint density at radius 3 is 2.32 bits per heavy atom. The number of nitrogens with one attached hydrogen (secondary N) is 1. The molecule has 0 bridgehead atoms. The Bertz CT molecular complexity index is 1030. The van der Waals surface area contributed by atoms with Gasteiger partial charge in [0.15, 0.2) is 0 Å². The second kappa shape index (κ2) is 7.93. The number of aryl methyl sites for hydroxylation is 2. The van der Waals surface area contributed by atoms with E-state index in [9.17, 15) is 18.0 Å². The zero-order valence-electron chi connectivity index (χ0n) is 15.7. The third-order valence-electron chi connectivity index (χ3n) is 4.74. The van der Waals surface area contributed by atoms with Gasteiger partial charge in [0, 0.05) is 17.7 Å². The van der Waals surface area contributed by atoms with Crippen LogP contribution in [0.15, 0.2) is 36.4 Å². The largest absolute Gasteiger partial charge is 0.321 e. The summed E-state index contributed by atoms with van der Waals surface area (Å²) in [6.07, 6.45) is 1.42. The number of carbonyl (C=O) groups is 2. The number of nitrogens with zero attached hydrogens (tertiary/aromatic N) is 1. The number of para-hydroxylation sites is 1. The zero-order valence-corrected chi connectivity index (χ0v) is 17.2. The first kappa shape index (κ1) is 20.4. The fraction of sp³-hybridized carbons (Fsp3) is 0.300. The summed E-state index contributed by atoms with van der Waals surface area (Å²) >= 11 is 6.14. The molecule has 1 fully saturated rings. The second-order valence-electron chi connectivity index (χ2n) is 6.50. The Hall–Kier alpha value is -2.38. The van der Waals surface area contributed by atoms with Crippen LogP contribution in [0.25, 0.3) is 0 Å².